The largest absolute Gasteiger partial charge is 0.0842 e. The van der Waals surface area contributed by atoms with Gasteiger partial charge in [0, 0.05) is 0 Å². The highest BCUT2D eigenvalue weighted by molar-refractivity contribution is 6.24. The standard InChI is InChI=1S/C64H52/c1-2-10-31-58(56-30-15-14-29-55(56)54(27-9-1)53-28-13-11-25-51(53)49-41-37-47(38-42-49)45-21-5-3-6-22-45)64-61-35-19-17-33-59(61)63(60-34-18-20-36-62(60)64)57-32-16-12-26-52(57)50-43-39-48(40-44-50)46-23-7-4-8-24-46/h1-5,7,9-21,23,25-37,39,41,43H,6,8,22,24,38,40,42,44H2. The van der Waals surface area contributed by atoms with Crippen LogP contribution in [0.25, 0.3) is 76.8 Å². The molecule has 0 bridgehead atoms. The molecular formula is C64H52. The number of allylic oxidation sites excluding steroid dienone is 16. The molecule has 0 fully saturated rings. The van der Waals surface area contributed by atoms with Crippen molar-refractivity contribution in [2.45, 2.75) is 51.4 Å². The minimum atomic E-state index is 1.03. The van der Waals surface area contributed by atoms with E-state index in [2.05, 4.69) is 218 Å². The molecule has 0 heteroatoms. The first-order valence-electron chi connectivity index (χ1n) is 23.3. The van der Waals surface area contributed by atoms with Crippen molar-refractivity contribution >= 4 is 43.5 Å². The van der Waals surface area contributed by atoms with Gasteiger partial charge in [-0.2, -0.15) is 0 Å². The van der Waals surface area contributed by atoms with Crippen LogP contribution < -0.4 is 0 Å². The van der Waals surface area contributed by atoms with E-state index in [0.717, 1.165) is 51.4 Å². The van der Waals surface area contributed by atoms with E-state index in [-0.39, 0.29) is 0 Å². The van der Waals surface area contributed by atoms with Crippen molar-refractivity contribution in [3.05, 3.63) is 252 Å². The Morgan fingerprint density at radius 3 is 1.02 bits per heavy atom. The molecule has 11 rings (SSSR count). The van der Waals surface area contributed by atoms with Gasteiger partial charge in [-0.3, -0.25) is 0 Å². The Hall–Kier alpha value is -7.28. The Balaban J connectivity index is 1.12. The predicted octanol–water partition coefficient (Wildman–Crippen LogP) is 18.0. The molecule has 308 valence electrons. The second kappa shape index (κ2) is 17.8. The van der Waals surface area contributed by atoms with Crippen LogP contribution in [0, 0.1) is 0 Å². The van der Waals surface area contributed by atoms with Gasteiger partial charge in [0.2, 0.25) is 0 Å². The van der Waals surface area contributed by atoms with Crippen LogP contribution in [0.1, 0.15) is 62.5 Å². The maximum absolute atomic E-state index is 2.40. The predicted molar refractivity (Wildman–Crippen MR) is 276 cm³/mol. The first-order chi connectivity index (χ1) is 31.8. The Labute approximate surface area is 378 Å². The number of benzene rings is 6. The lowest BCUT2D eigenvalue weighted by Crippen LogP contribution is -2.00. The summed E-state index contributed by atoms with van der Waals surface area (Å²) in [6, 6.07) is 58.9. The topological polar surface area (TPSA) is 0 Å². The van der Waals surface area contributed by atoms with Gasteiger partial charge in [0.15, 0.2) is 0 Å². The van der Waals surface area contributed by atoms with E-state index in [0.29, 0.717) is 0 Å². The van der Waals surface area contributed by atoms with Gasteiger partial charge in [0.1, 0.15) is 0 Å². The summed E-state index contributed by atoms with van der Waals surface area (Å²) >= 11 is 0. The summed E-state index contributed by atoms with van der Waals surface area (Å²) in [7, 11) is 0. The fraction of sp³-hybridized carbons (Fsp3) is 0.125. The van der Waals surface area contributed by atoms with Crippen molar-refractivity contribution in [3.63, 3.8) is 0 Å². The molecular weight excluding hydrogens is 769 g/mol. The third-order valence-corrected chi connectivity index (χ3v) is 13.8. The molecule has 0 amide bonds. The lowest BCUT2D eigenvalue weighted by molar-refractivity contribution is 0.905. The molecule has 0 radical (unpaired) electrons. The van der Waals surface area contributed by atoms with Gasteiger partial charge < -0.3 is 0 Å². The molecule has 0 N–H and O–H groups in total. The van der Waals surface area contributed by atoms with Crippen LogP contribution in [0.2, 0.25) is 0 Å². The number of fused-ring (bicyclic) bond motifs is 3. The highest BCUT2D eigenvalue weighted by atomic mass is 14.3. The molecule has 0 nitrogen and oxygen atoms in total. The summed E-state index contributed by atoms with van der Waals surface area (Å²) < 4.78 is 0. The van der Waals surface area contributed by atoms with Crippen molar-refractivity contribution in [1.82, 2.24) is 0 Å². The normalized spacial score (nSPS) is 16.1. The molecule has 0 aliphatic heterocycles. The van der Waals surface area contributed by atoms with E-state index >= 15 is 0 Å². The minimum Gasteiger partial charge on any atom is -0.0842 e. The second-order valence-electron chi connectivity index (χ2n) is 17.5. The number of rotatable bonds is 7. The average Bonchev–Trinajstić information content (AvgIpc) is 3.38. The minimum absolute atomic E-state index is 1.03. The van der Waals surface area contributed by atoms with E-state index < -0.39 is 0 Å². The first kappa shape index (κ1) is 39.6. The SMILES string of the molecule is C1=CCCC(C2=CC=C(c3ccccc3-c3ccccccc(-c4c5ccccc5c(-c5ccccc5C5=CC=C(C6=CC=CCC6)CC5)c5ccccc45)c4ccccc34)CC2)=C1. The van der Waals surface area contributed by atoms with E-state index in [9.17, 15) is 0 Å². The molecule has 4 aliphatic rings. The van der Waals surface area contributed by atoms with Gasteiger partial charge in [-0.1, -0.05) is 218 Å². The molecule has 0 saturated carbocycles. The fourth-order valence-corrected chi connectivity index (χ4v) is 10.7. The van der Waals surface area contributed by atoms with Gasteiger partial charge in [0.25, 0.3) is 0 Å². The number of hydrogen-bond donors (Lipinski definition) is 0. The van der Waals surface area contributed by atoms with Crippen LogP contribution in [0.4, 0.5) is 0 Å². The maximum atomic E-state index is 2.40. The number of hydrogen-bond acceptors (Lipinski definition) is 0. The molecule has 0 unspecified atom stereocenters. The fourth-order valence-electron chi connectivity index (χ4n) is 10.7. The van der Waals surface area contributed by atoms with Crippen molar-refractivity contribution in [2.75, 3.05) is 0 Å². The van der Waals surface area contributed by atoms with Gasteiger partial charge in [-0.25, -0.2) is 0 Å². The summed E-state index contributed by atoms with van der Waals surface area (Å²) in [5.74, 6) is 0. The zero-order chi connectivity index (χ0) is 42.7. The summed E-state index contributed by atoms with van der Waals surface area (Å²) in [5.41, 5.74) is 19.0. The maximum Gasteiger partial charge on any atom is -0.00201 e. The monoisotopic (exact) mass is 820 g/mol. The molecule has 7 aromatic carbocycles. The van der Waals surface area contributed by atoms with Crippen LogP contribution in [0.15, 0.2) is 241 Å². The molecule has 0 spiro atoms. The molecule has 0 atom stereocenters. The van der Waals surface area contributed by atoms with Crippen LogP contribution in [-0.4, -0.2) is 0 Å². The Kier molecular flexibility index (Phi) is 11.0. The average molecular weight is 821 g/mol. The van der Waals surface area contributed by atoms with Gasteiger partial charge in [-0.15, -0.1) is 0 Å². The summed E-state index contributed by atoms with van der Waals surface area (Å²) in [5, 5.41) is 7.51. The zero-order valence-corrected chi connectivity index (χ0v) is 36.4. The van der Waals surface area contributed by atoms with E-state index in [1.165, 1.54) is 110 Å². The van der Waals surface area contributed by atoms with Crippen molar-refractivity contribution < 1.29 is 0 Å². The lowest BCUT2D eigenvalue weighted by Gasteiger charge is -2.23. The molecule has 7 aromatic rings. The van der Waals surface area contributed by atoms with E-state index in [4.69, 9.17) is 0 Å². The Bertz CT molecular complexity index is 3250. The Morgan fingerprint density at radius 1 is 0.219 bits per heavy atom. The van der Waals surface area contributed by atoms with Crippen molar-refractivity contribution in [1.29, 1.82) is 0 Å². The van der Waals surface area contributed by atoms with Gasteiger partial charge in [0.05, 0.1) is 0 Å². The highest BCUT2D eigenvalue weighted by Crippen LogP contribution is 2.48. The van der Waals surface area contributed by atoms with E-state index in [1.807, 2.05) is 0 Å². The van der Waals surface area contributed by atoms with Crippen LogP contribution in [0.5, 0.6) is 0 Å². The van der Waals surface area contributed by atoms with E-state index in [1.54, 1.807) is 0 Å². The molecule has 4 aliphatic carbocycles. The molecule has 0 heterocycles. The smallest absolute Gasteiger partial charge is 0.00201 e. The lowest BCUT2D eigenvalue weighted by atomic mass is 9.81. The molecule has 64 heavy (non-hydrogen) atoms. The quantitative estimate of drug-likeness (QED) is 0.141. The third-order valence-electron chi connectivity index (χ3n) is 13.8. The first-order valence-corrected chi connectivity index (χ1v) is 23.3. The van der Waals surface area contributed by atoms with Crippen LogP contribution in [0.3, 0.4) is 0 Å². The zero-order valence-electron chi connectivity index (χ0n) is 36.4. The summed E-state index contributed by atoms with van der Waals surface area (Å²) in [4.78, 5) is 0. The van der Waals surface area contributed by atoms with Crippen molar-refractivity contribution in [2.24, 2.45) is 0 Å². The summed E-state index contributed by atoms with van der Waals surface area (Å²) in [6.07, 6.45) is 31.9. The second-order valence-corrected chi connectivity index (χ2v) is 17.5. The highest BCUT2D eigenvalue weighted by Gasteiger charge is 2.22. The van der Waals surface area contributed by atoms with Gasteiger partial charge in [-0.05, 0) is 162 Å². The molecule has 0 aromatic heterocycles. The van der Waals surface area contributed by atoms with Crippen molar-refractivity contribution in [3.8, 4) is 33.4 Å². The van der Waals surface area contributed by atoms with Crippen LogP contribution >= 0.6 is 0 Å². The Morgan fingerprint density at radius 2 is 0.547 bits per heavy atom. The summed E-state index contributed by atoms with van der Waals surface area (Å²) in [6.45, 7) is 0. The van der Waals surface area contributed by atoms with Crippen LogP contribution in [-0.2, 0) is 0 Å². The third kappa shape index (κ3) is 7.54. The molecule has 0 saturated heterocycles. The van der Waals surface area contributed by atoms with Gasteiger partial charge >= 0.3 is 0 Å².